The van der Waals surface area contributed by atoms with Crippen molar-refractivity contribution in [2.75, 3.05) is 0 Å². The number of amides is 2. The number of aromatic nitrogens is 2. The van der Waals surface area contributed by atoms with Gasteiger partial charge in [0.1, 0.15) is 10.6 Å². The van der Waals surface area contributed by atoms with Crippen molar-refractivity contribution < 1.29 is 9.59 Å². The topological polar surface area (TPSA) is 76.0 Å². The van der Waals surface area contributed by atoms with E-state index in [0.29, 0.717) is 15.6 Å². The quantitative estimate of drug-likeness (QED) is 0.699. The smallest absolute Gasteiger partial charge is 0.266 e. The molecule has 1 aromatic carbocycles. The predicted octanol–water partition coefficient (Wildman–Crippen LogP) is 2.67. The summed E-state index contributed by atoms with van der Waals surface area (Å²) in [5, 5.41) is 5.29. The van der Waals surface area contributed by atoms with Gasteiger partial charge in [-0.1, -0.05) is 29.8 Å². The summed E-state index contributed by atoms with van der Waals surface area (Å²) in [7, 11) is 1.66. The van der Waals surface area contributed by atoms with Gasteiger partial charge in [-0.25, -0.2) is 0 Å². The molecule has 0 unspecified atom stereocenters. The molecule has 118 valence electrons. The molecule has 0 aliphatic rings. The molecule has 0 atom stereocenters. The summed E-state index contributed by atoms with van der Waals surface area (Å²) >= 11 is 7.51. The van der Waals surface area contributed by atoms with Gasteiger partial charge in [0, 0.05) is 17.1 Å². The molecular weight excluding hydrogens is 336 g/mol. The Morgan fingerprint density at radius 1 is 1.22 bits per heavy atom. The third-order valence-electron chi connectivity index (χ3n) is 3.27. The molecule has 3 aromatic rings. The third kappa shape index (κ3) is 2.93. The molecule has 0 fully saturated rings. The first-order valence-electron chi connectivity index (χ1n) is 6.75. The van der Waals surface area contributed by atoms with Crippen molar-refractivity contribution in [3.8, 4) is 0 Å². The molecule has 0 saturated carbocycles. The standard InChI is InChI=1S/C15H13ClN4O2S/c1-8-7-10(20(2)19-8)14(21)17-18-15(22)13-12(16)9-5-3-4-6-11(9)23-13/h3-7H,1-2H3,(H,17,21)(H,18,22). The minimum absolute atomic E-state index is 0.352. The van der Waals surface area contributed by atoms with Crippen molar-refractivity contribution in [1.29, 1.82) is 0 Å². The summed E-state index contributed by atoms with van der Waals surface area (Å²) in [6.45, 7) is 1.78. The Morgan fingerprint density at radius 2 is 1.91 bits per heavy atom. The van der Waals surface area contributed by atoms with E-state index in [1.165, 1.54) is 16.0 Å². The van der Waals surface area contributed by atoms with Crippen LogP contribution in [0.5, 0.6) is 0 Å². The number of halogens is 1. The van der Waals surface area contributed by atoms with Crippen molar-refractivity contribution in [3.05, 3.63) is 51.6 Å². The Hall–Kier alpha value is -2.38. The molecule has 3 rings (SSSR count). The van der Waals surface area contributed by atoms with E-state index in [-0.39, 0.29) is 0 Å². The van der Waals surface area contributed by atoms with E-state index < -0.39 is 11.8 Å². The fourth-order valence-electron chi connectivity index (χ4n) is 2.22. The molecule has 2 N–H and O–H groups in total. The van der Waals surface area contributed by atoms with Crippen molar-refractivity contribution >= 4 is 44.8 Å². The Labute approximate surface area is 141 Å². The number of hydrogen-bond acceptors (Lipinski definition) is 4. The summed E-state index contributed by atoms with van der Waals surface area (Å²) < 4.78 is 2.36. The van der Waals surface area contributed by atoms with Crippen LogP contribution in [0.3, 0.4) is 0 Å². The Morgan fingerprint density at radius 3 is 2.57 bits per heavy atom. The van der Waals surface area contributed by atoms with Crippen LogP contribution >= 0.6 is 22.9 Å². The van der Waals surface area contributed by atoms with E-state index in [2.05, 4.69) is 16.0 Å². The van der Waals surface area contributed by atoms with Gasteiger partial charge < -0.3 is 0 Å². The molecule has 0 spiro atoms. The molecule has 0 aliphatic heterocycles. The van der Waals surface area contributed by atoms with E-state index in [1.807, 2.05) is 24.3 Å². The highest BCUT2D eigenvalue weighted by molar-refractivity contribution is 7.21. The zero-order valence-corrected chi connectivity index (χ0v) is 14.0. The maximum absolute atomic E-state index is 12.2. The van der Waals surface area contributed by atoms with E-state index in [0.717, 1.165) is 15.8 Å². The predicted molar refractivity (Wildman–Crippen MR) is 89.7 cm³/mol. The maximum atomic E-state index is 12.2. The van der Waals surface area contributed by atoms with Crippen molar-refractivity contribution in [2.24, 2.45) is 7.05 Å². The lowest BCUT2D eigenvalue weighted by Crippen LogP contribution is -2.42. The van der Waals surface area contributed by atoms with Crippen LogP contribution in [0, 0.1) is 6.92 Å². The summed E-state index contributed by atoms with van der Waals surface area (Å²) in [6.07, 6.45) is 0. The second-order valence-corrected chi connectivity index (χ2v) is 6.37. The second kappa shape index (κ2) is 6.02. The lowest BCUT2D eigenvalue weighted by molar-refractivity contribution is 0.0843. The van der Waals surface area contributed by atoms with Gasteiger partial charge in [-0.3, -0.25) is 25.1 Å². The first kappa shape index (κ1) is 15.5. The zero-order chi connectivity index (χ0) is 16.6. The lowest BCUT2D eigenvalue weighted by Gasteiger charge is -2.06. The highest BCUT2D eigenvalue weighted by Gasteiger charge is 2.18. The molecule has 0 radical (unpaired) electrons. The minimum atomic E-state index is -0.455. The first-order chi connectivity index (χ1) is 11.0. The summed E-state index contributed by atoms with van der Waals surface area (Å²) in [6, 6.07) is 9.11. The second-order valence-electron chi connectivity index (χ2n) is 4.94. The number of nitrogens with zero attached hydrogens (tertiary/aromatic N) is 2. The SMILES string of the molecule is Cc1cc(C(=O)NNC(=O)c2sc3ccccc3c2Cl)n(C)n1. The average Bonchev–Trinajstić information content (AvgIpc) is 3.05. The van der Waals surface area contributed by atoms with E-state index in [9.17, 15) is 9.59 Å². The molecule has 2 amide bonds. The fraction of sp³-hybridized carbons (Fsp3) is 0.133. The van der Waals surface area contributed by atoms with Crippen LogP contribution in [-0.2, 0) is 7.05 Å². The monoisotopic (exact) mass is 348 g/mol. The summed E-state index contributed by atoms with van der Waals surface area (Å²) in [5.41, 5.74) is 5.82. The lowest BCUT2D eigenvalue weighted by atomic mass is 10.2. The molecular formula is C15H13ClN4O2S. The van der Waals surface area contributed by atoms with Gasteiger partial charge in [0.2, 0.25) is 0 Å². The molecule has 2 aromatic heterocycles. The van der Waals surface area contributed by atoms with Gasteiger partial charge in [-0.15, -0.1) is 11.3 Å². The molecule has 23 heavy (non-hydrogen) atoms. The average molecular weight is 349 g/mol. The Balaban J connectivity index is 1.75. The number of thiophene rings is 1. The number of rotatable bonds is 2. The molecule has 6 nitrogen and oxygen atoms in total. The van der Waals surface area contributed by atoms with Gasteiger partial charge in [0.25, 0.3) is 11.8 Å². The van der Waals surface area contributed by atoms with Crippen LogP contribution in [0.25, 0.3) is 10.1 Å². The van der Waals surface area contributed by atoms with Gasteiger partial charge in [0.15, 0.2) is 0 Å². The van der Waals surface area contributed by atoms with Crippen LogP contribution < -0.4 is 10.9 Å². The van der Waals surface area contributed by atoms with Crippen molar-refractivity contribution in [3.63, 3.8) is 0 Å². The molecule has 0 saturated heterocycles. The van der Waals surface area contributed by atoms with Gasteiger partial charge >= 0.3 is 0 Å². The van der Waals surface area contributed by atoms with Crippen LogP contribution in [0.15, 0.2) is 30.3 Å². The Kier molecular flexibility index (Phi) is 4.06. The zero-order valence-electron chi connectivity index (χ0n) is 12.4. The van der Waals surface area contributed by atoms with Gasteiger partial charge in [-0.2, -0.15) is 5.10 Å². The number of carbonyl (C=O) groups excluding carboxylic acids is 2. The number of fused-ring (bicyclic) bond motifs is 1. The highest BCUT2D eigenvalue weighted by Crippen LogP contribution is 2.34. The molecule has 0 aliphatic carbocycles. The first-order valence-corrected chi connectivity index (χ1v) is 7.95. The normalized spacial score (nSPS) is 10.7. The van der Waals surface area contributed by atoms with Gasteiger partial charge in [0.05, 0.1) is 10.7 Å². The minimum Gasteiger partial charge on any atom is -0.266 e. The number of hydrazine groups is 1. The molecule has 2 heterocycles. The number of aryl methyl sites for hydroxylation is 2. The number of carbonyl (C=O) groups is 2. The number of benzene rings is 1. The van der Waals surface area contributed by atoms with E-state index in [4.69, 9.17) is 11.6 Å². The van der Waals surface area contributed by atoms with Crippen LogP contribution in [0.4, 0.5) is 0 Å². The fourth-order valence-corrected chi connectivity index (χ4v) is 3.63. The largest absolute Gasteiger partial charge is 0.287 e. The van der Waals surface area contributed by atoms with Crippen LogP contribution in [0.2, 0.25) is 5.02 Å². The van der Waals surface area contributed by atoms with Crippen molar-refractivity contribution in [1.82, 2.24) is 20.6 Å². The van der Waals surface area contributed by atoms with Crippen LogP contribution in [0.1, 0.15) is 25.9 Å². The third-order valence-corrected chi connectivity index (χ3v) is 4.94. The van der Waals surface area contributed by atoms with E-state index >= 15 is 0 Å². The van der Waals surface area contributed by atoms with E-state index in [1.54, 1.807) is 20.0 Å². The number of nitrogens with one attached hydrogen (secondary N) is 2. The van der Waals surface area contributed by atoms with Crippen molar-refractivity contribution in [2.45, 2.75) is 6.92 Å². The molecule has 0 bridgehead atoms. The van der Waals surface area contributed by atoms with Gasteiger partial charge in [-0.05, 0) is 19.1 Å². The number of hydrogen-bond donors (Lipinski definition) is 2. The highest BCUT2D eigenvalue weighted by atomic mass is 35.5. The Bertz CT molecular complexity index is 915. The van der Waals surface area contributed by atoms with Crippen LogP contribution in [-0.4, -0.2) is 21.6 Å². The summed E-state index contributed by atoms with van der Waals surface area (Å²) in [5.74, 6) is -0.901. The maximum Gasteiger partial charge on any atom is 0.287 e. The summed E-state index contributed by atoms with van der Waals surface area (Å²) in [4.78, 5) is 24.7. The molecule has 8 heteroatoms.